The van der Waals surface area contributed by atoms with Gasteiger partial charge in [-0.2, -0.15) is 0 Å². The molecule has 0 saturated heterocycles. The third kappa shape index (κ3) is 2.87. The molecule has 0 N–H and O–H groups in total. The Morgan fingerprint density at radius 3 is 2.63 bits per heavy atom. The van der Waals surface area contributed by atoms with Crippen LogP contribution in [0.5, 0.6) is 0 Å². The molecule has 19 heavy (non-hydrogen) atoms. The smallest absolute Gasteiger partial charge is 0.309 e. The number of hydrogen-bond donors (Lipinski definition) is 0. The normalized spacial score (nSPS) is 19.0. The maximum atomic E-state index is 12.3. The van der Waals surface area contributed by atoms with E-state index in [1.807, 2.05) is 0 Å². The van der Waals surface area contributed by atoms with E-state index in [9.17, 15) is 13.2 Å². The summed E-state index contributed by atoms with van der Waals surface area (Å²) in [6.45, 7) is 2.05. The Kier molecular flexibility index (Phi) is 4.04. The third-order valence-electron chi connectivity index (χ3n) is 3.10. The second kappa shape index (κ2) is 5.57. The zero-order chi connectivity index (χ0) is 13.9. The monoisotopic (exact) mass is 280 g/mol. The molecule has 1 aromatic carbocycles. The summed E-state index contributed by atoms with van der Waals surface area (Å²) in [5.41, 5.74) is 0. The van der Waals surface area contributed by atoms with Crippen LogP contribution in [-0.2, 0) is 19.4 Å². The number of carbonyl (C=O) groups is 1. The van der Waals surface area contributed by atoms with Gasteiger partial charge in [-0.1, -0.05) is 24.3 Å². The van der Waals surface area contributed by atoms with Crippen molar-refractivity contribution in [2.45, 2.75) is 24.7 Å². The number of esters is 1. The highest BCUT2D eigenvalue weighted by molar-refractivity contribution is 7.95. The maximum Gasteiger partial charge on any atom is 0.309 e. The molecule has 0 saturated carbocycles. The number of benzene rings is 1. The highest BCUT2D eigenvalue weighted by atomic mass is 32.2. The van der Waals surface area contributed by atoms with E-state index in [-0.39, 0.29) is 23.2 Å². The average Bonchev–Trinajstić information content (AvgIpc) is 2.90. The van der Waals surface area contributed by atoms with E-state index < -0.39 is 9.84 Å². The SMILES string of the molecule is CCOC(=O)C1CC=C(S(=O)(=O)c2ccccc2)C1. The van der Waals surface area contributed by atoms with E-state index in [0.717, 1.165) is 0 Å². The second-order valence-corrected chi connectivity index (χ2v) is 6.38. The Morgan fingerprint density at radius 1 is 1.32 bits per heavy atom. The Bertz CT molecular complexity index is 587. The second-order valence-electron chi connectivity index (χ2n) is 4.38. The molecule has 0 fully saturated rings. The first-order chi connectivity index (χ1) is 9.05. The van der Waals surface area contributed by atoms with Gasteiger partial charge in [-0.25, -0.2) is 8.42 Å². The lowest BCUT2D eigenvalue weighted by Crippen LogP contribution is -2.16. The molecule has 1 aliphatic rings. The first-order valence-corrected chi connectivity index (χ1v) is 7.70. The molecule has 1 aromatic rings. The van der Waals surface area contributed by atoms with Gasteiger partial charge < -0.3 is 4.74 Å². The minimum Gasteiger partial charge on any atom is -0.466 e. The van der Waals surface area contributed by atoms with E-state index in [0.29, 0.717) is 17.9 Å². The maximum absolute atomic E-state index is 12.3. The zero-order valence-corrected chi connectivity index (χ0v) is 11.5. The van der Waals surface area contributed by atoms with Gasteiger partial charge in [0.15, 0.2) is 0 Å². The quantitative estimate of drug-likeness (QED) is 0.794. The first kappa shape index (κ1) is 13.8. The lowest BCUT2D eigenvalue weighted by atomic mass is 10.1. The molecule has 1 aliphatic carbocycles. The largest absolute Gasteiger partial charge is 0.466 e. The van der Waals surface area contributed by atoms with Gasteiger partial charge in [-0.05, 0) is 31.9 Å². The van der Waals surface area contributed by atoms with Crippen molar-refractivity contribution >= 4 is 15.8 Å². The van der Waals surface area contributed by atoms with Crippen molar-refractivity contribution < 1.29 is 17.9 Å². The fraction of sp³-hybridized carbons (Fsp3) is 0.357. The Balaban J connectivity index is 2.15. The number of rotatable bonds is 4. The van der Waals surface area contributed by atoms with Crippen LogP contribution in [0.15, 0.2) is 46.2 Å². The summed E-state index contributed by atoms with van der Waals surface area (Å²) in [5, 5.41) is 0. The molecule has 5 heteroatoms. The molecule has 1 unspecified atom stereocenters. The summed E-state index contributed by atoms with van der Waals surface area (Å²) in [7, 11) is -3.47. The predicted molar refractivity (Wildman–Crippen MR) is 71.1 cm³/mol. The van der Waals surface area contributed by atoms with Crippen LogP contribution in [0.1, 0.15) is 19.8 Å². The topological polar surface area (TPSA) is 60.4 Å². The van der Waals surface area contributed by atoms with Gasteiger partial charge in [0.05, 0.1) is 17.4 Å². The molecule has 4 nitrogen and oxygen atoms in total. The summed E-state index contributed by atoms with van der Waals surface area (Å²) in [6.07, 6.45) is 2.29. The first-order valence-electron chi connectivity index (χ1n) is 6.21. The Morgan fingerprint density at radius 2 is 2.00 bits per heavy atom. The summed E-state index contributed by atoms with van der Waals surface area (Å²) in [4.78, 5) is 12.2. The average molecular weight is 280 g/mol. The molecule has 102 valence electrons. The number of allylic oxidation sites excluding steroid dienone is 2. The van der Waals surface area contributed by atoms with E-state index in [4.69, 9.17) is 4.74 Å². The van der Waals surface area contributed by atoms with Crippen molar-refractivity contribution in [1.82, 2.24) is 0 Å². The van der Waals surface area contributed by atoms with E-state index in [2.05, 4.69) is 0 Å². The number of sulfone groups is 1. The number of carbonyl (C=O) groups excluding carboxylic acids is 1. The standard InChI is InChI=1S/C14H16O4S/c1-2-18-14(15)11-8-9-13(10-11)19(16,17)12-6-4-3-5-7-12/h3-7,9,11H,2,8,10H2,1H3. The molecular weight excluding hydrogens is 264 g/mol. The summed E-state index contributed by atoms with van der Waals surface area (Å²) < 4.78 is 29.6. The fourth-order valence-corrected chi connectivity index (χ4v) is 3.65. The van der Waals surface area contributed by atoms with Crippen LogP contribution in [0.25, 0.3) is 0 Å². The molecule has 2 rings (SSSR count). The van der Waals surface area contributed by atoms with E-state index >= 15 is 0 Å². The van der Waals surface area contributed by atoms with Crippen LogP contribution in [0.3, 0.4) is 0 Å². The van der Waals surface area contributed by atoms with Crippen LogP contribution < -0.4 is 0 Å². The number of hydrogen-bond acceptors (Lipinski definition) is 4. The molecule has 0 aromatic heterocycles. The van der Waals surface area contributed by atoms with Crippen molar-refractivity contribution in [3.05, 3.63) is 41.3 Å². The Hall–Kier alpha value is -1.62. The van der Waals surface area contributed by atoms with Gasteiger partial charge in [0.1, 0.15) is 0 Å². The van der Waals surface area contributed by atoms with Crippen molar-refractivity contribution in [3.8, 4) is 0 Å². The van der Waals surface area contributed by atoms with Crippen molar-refractivity contribution in [2.24, 2.45) is 5.92 Å². The van der Waals surface area contributed by atoms with Crippen LogP contribution in [0, 0.1) is 5.92 Å². The molecule has 0 spiro atoms. The molecule has 1 atom stereocenters. The van der Waals surface area contributed by atoms with Gasteiger partial charge in [0.25, 0.3) is 0 Å². The molecule has 0 radical (unpaired) electrons. The molecule has 0 aliphatic heterocycles. The van der Waals surface area contributed by atoms with Crippen LogP contribution in [0.2, 0.25) is 0 Å². The highest BCUT2D eigenvalue weighted by Crippen LogP contribution is 2.33. The van der Waals surface area contributed by atoms with Crippen molar-refractivity contribution in [1.29, 1.82) is 0 Å². The van der Waals surface area contributed by atoms with Crippen LogP contribution >= 0.6 is 0 Å². The molecular formula is C14H16O4S. The van der Waals surface area contributed by atoms with Crippen LogP contribution in [-0.4, -0.2) is 21.0 Å². The third-order valence-corrected chi connectivity index (χ3v) is 5.01. The fourth-order valence-electron chi connectivity index (χ4n) is 2.09. The van der Waals surface area contributed by atoms with Gasteiger partial charge in [-0.15, -0.1) is 0 Å². The lowest BCUT2D eigenvalue weighted by molar-refractivity contribution is -0.147. The predicted octanol–water partition coefficient (Wildman–Crippen LogP) is 2.32. The highest BCUT2D eigenvalue weighted by Gasteiger charge is 2.32. The summed E-state index contributed by atoms with van der Waals surface area (Å²) in [6, 6.07) is 8.27. The van der Waals surface area contributed by atoms with Crippen LogP contribution in [0.4, 0.5) is 0 Å². The van der Waals surface area contributed by atoms with Gasteiger partial charge in [0.2, 0.25) is 9.84 Å². The van der Waals surface area contributed by atoms with E-state index in [1.165, 1.54) is 0 Å². The zero-order valence-electron chi connectivity index (χ0n) is 10.7. The van der Waals surface area contributed by atoms with Gasteiger partial charge in [0, 0.05) is 4.91 Å². The number of ether oxygens (including phenoxy) is 1. The minimum absolute atomic E-state index is 0.232. The van der Waals surface area contributed by atoms with Gasteiger partial charge in [-0.3, -0.25) is 4.79 Å². The van der Waals surface area contributed by atoms with Crippen molar-refractivity contribution in [3.63, 3.8) is 0 Å². The molecule has 0 heterocycles. The summed E-state index contributed by atoms with van der Waals surface area (Å²) >= 11 is 0. The van der Waals surface area contributed by atoms with Gasteiger partial charge >= 0.3 is 5.97 Å². The lowest BCUT2D eigenvalue weighted by Gasteiger charge is -2.09. The molecule has 0 amide bonds. The minimum atomic E-state index is -3.47. The Labute approximate surface area is 113 Å². The molecule has 0 bridgehead atoms. The van der Waals surface area contributed by atoms with E-state index in [1.54, 1.807) is 43.3 Å². The van der Waals surface area contributed by atoms with Crippen molar-refractivity contribution in [2.75, 3.05) is 6.61 Å². The summed E-state index contributed by atoms with van der Waals surface area (Å²) in [5.74, 6) is -0.689.